The number of hydrogen-bond donors (Lipinski definition) is 0. The van der Waals surface area contributed by atoms with Crippen molar-refractivity contribution >= 4 is 22.6 Å². The number of anilines is 1. The smallest absolute Gasteiger partial charge is 0.248 e. The van der Waals surface area contributed by atoms with E-state index in [1.165, 1.54) is 5.69 Å². The fourth-order valence-corrected chi connectivity index (χ4v) is 3.89. The highest BCUT2D eigenvalue weighted by Crippen LogP contribution is 2.28. The number of morpholine rings is 2. The van der Waals surface area contributed by atoms with Crippen LogP contribution in [-0.4, -0.2) is 85.0 Å². The molecule has 0 bridgehead atoms. The quantitative estimate of drug-likeness (QED) is 0.599. The van der Waals surface area contributed by atoms with E-state index >= 15 is 0 Å². The largest absolute Gasteiger partial charge is 0.473 e. The maximum Gasteiger partial charge on any atom is 0.248 e. The summed E-state index contributed by atoms with van der Waals surface area (Å²) in [6.45, 7) is 4.11. The summed E-state index contributed by atoms with van der Waals surface area (Å²) in [7, 11) is 1.76. The minimum absolute atomic E-state index is 0.0294. The van der Waals surface area contributed by atoms with Crippen molar-refractivity contribution in [2.45, 2.75) is 6.10 Å². The van der Waals surface area contributed by atoms with Gasteiger partial charge in [0.1, 0.15) is 19.3 Å². The molecule has 2 aliphatic heterocycles. The molecule has 5 rings (SSSR count). The number of pyridine rings is 1. The number of rotatable bonds is 5. The molecule has 0 saturated carbocycles. The van der Waals surface area contributed by atoms with Gasteiger partial charge in [-0.15, -0.1) is 0 Å². The second kappa shape index (κ2) is 9.05. The van der Waals surface area contributed by atoms with Gasteiger partial charge in [-0.25, -0.2) is 9.97 Å². The molecule has 166 valence electrons. The number of amides is 1. The van der Waals surface area contributed by atoms with Crippen LogP contribution in [0.5, 0.6) is 5.88 Å². The Labute approximate surface area is 185 Å². The van der Waals surface area contributed by atoms with Crippen LogP contribution in [0.15, 0.2) is 42.7 Å². The van der Waals surface area contributed by atoms with E-state index in [4.69, 9.17) is 19.2 Å². The maximum atomic E-state index is 11.6. The highest BCUT2D eigenvalue weighted by Gasteiger charge is 2.24. The molecule has 2 aliphatic rings. The van der Waals surface area contributed by atoms with Gasteiger partial charge in [0.2, 0.25) is 11.8 Å². The zero-order valence-corrected chi connectivity index (χ0v) is 17.9. The molecule has 0 radical (unpaired) electrons. The van der Waals surface area contributed by atoms with Crippen LogP contribution in [0.2, 0.25) is 0 Å². The Bertz CT molecular complexity index is 1100. The second-order valence-corrected chi connectivity index (χ2v) is 7.90. The lowest BCUT2D eigenvalue weighted by Crippen LogP contribution is -2.46. The number of aromatic nitrogens is 3. The molecule has 4 heterocycles. The lowest BCUT2D eigenvalue weighted by Gasteiger charge is -2.29. The fraction of sp³-hybridized carbons (Fsp3) is 0.391. The van der Waals surface area contributed by atoms with E-state index < -0.39 is 0 Å². The van der Waals surface area contributed by atoms with Crippen LogP contribution in [0.25, 0.3) is 22.3 Å². The van der Waals surface area contributed by atoms with Crippen molar-refractivity contribution in [2.75, 3.05) is 58.0 Å². The molecule has 1 aromatic carbocycles. The van der Waals surface area contributed by atoms with E-state index in [9.17, 15) is 4.79 Å². The first-order valence-electron chi connectivity index (χ1n) is 10.7. The number of likely N-dealkylation sites (N-methyl/N-ethyl adjacent to an activating group) is 1. The van der Waals surface area contributed by atoms with E-state index in [1.54, 1.807) is 24.3 Å². The molecule has 1 amide bonds. The Hall–Kier alpha value is -3.30. The highest BCUT2D eigenvalue weighted by atomic mass is 16.5. The number of ether oxygens (including phenoxy) is 3. The molecule has 0 aliphatic carbocycles. The van der Waals surface area contributed by atoms with Gasteiger partial charge >= 0.3 is 0 Å². The van der Waals surface area contributed by atoms with Gasteiger partial charge in [-0.2, -0.15) is 0 Å². The van der Waals surface area contributed by atoms with Crippen molar-refractivity contribution in [3.63, 3.8) is 0 Å². The van der Waals surface area contributed by atoms with Gasteiger partial charge in [-0.1, -0.05) is 12.1 Å². The molecule has 2 aromatic heterocycles. The molecule has 1 atom stereocenters. The summed E-state index contributed by atoms with van der Waals surface area (Å²) in [4.78, 5) is 29.2. The van der Waals surface area contributed by atoms with Crippen LogP contribution in [0, 0.1) is 0 Å². The van der Waals surface area contributed by atoms with Crippen molar-refractivity contribution in [1.29, 1.82) is 0 Å². The zero-order chi connectivity index (χ0) is 21.9. The molecule has 3 aromatic rings. The summed E-state index contributed by atoms with van der Waals surface area (Å²) < 4.78 is 17.1. The van der Waals surface area contributed by atoms with Crippen molar-refractivity contribution in [1.82, 2.24) is 19.9 Å². The SMILES string of the molecule is CN1CC(COc2nc(-c3ccc(N4CCOCC4)cc3)cc3nccnc23)OCC1=O. The zero-order valence-electron chi connectivity index (χ0n) is 17.9. The van der Waals surface area contributed by atoms with Crippen molar-refractivity contribution in [3.8, 4) is 17.1 Å². The van der Waals surface area contributed by atoms with E-state index in [2.05, 4.69) is 39.1 Å². The number of carbonyl (C=O) groups excluding carboxylic acids is 1. The summed E-state index contributed by atoms with van der Waals surface area (Å²) in [5.74, 6) is 0.379. The number of carbonyl (C=O) groups is 1. The first-order valence-corrected chi connectivity index (χ1v) is 10.7. The first kappa shape index (κ1) is 20.6. The van der Waals surface area contributed by atoms with E-state index in [0.29, 0.717) is 23.5 Å². The molecular weight excluding hydrogens is 410 g/mol. The van der Waals surface area contributed by atoms with E-state index in [-0.39, 0.29) is 25.2 Å². The lowest BCUT2D eigenvalue weighted by molar-refractivity contribution is -0.148. The Morgan fingerprint density at radius 2 is 1.91 bits per heavy atom. The molecule has 0 N–H and O–H groups in total. The lowest BCUT2D eigenvalue weighted by atomic mass is 10.1. The summed E-state index contributed by atoms with van der Waals surface area (Å²) >= 11 is 0. The standard InChI is InChI=1S/C23H25N5O4/c1-27-13-18(31-15-21(27)29)14-32-23-22-20(24-6-7-25-22)12-19(26-23)16-2-4-17(5-3-16)28-8-10-30-11-9-28/h2-7,12,18H,8-11,13-15H2,1H3. The Morgan fingerprint density at radius 1 is 1.12 bits per heavy atom. The van der Waals surface area contributed by atoms with Gasteiger partial charge in [-0.05, 0) is 18.2 Å². The van der Waals surface area contributed by atoms with E-state index in [1.807, 2.05) is 6.07 Å². The normalized spacial score (nSPS) is 19.4. The van der Waals surface area contributed by atoms with Crippen LogP contribution in [0.3, 0.4) is 0 Å². The third kappa shape index (κ3) is 4.35. The number of nitrogens with zero attached hydrogens (tertiary/aromatic N) is 5. The minimum Gasteiger partial charge on any atom is -0.473 e. The molecule has 2 fully saturated rings. The number of benzene rings is 1. The van der Waals surface area contributed by atoms with Crippen LogP contribution in [0.1, 0.15) is 0 Å². The summed E-state index contributed by atoms with van der Waals surface area (Å²) in [5, 5.41) is 0. The molecule has 0 spiro atoms. The average molecular weight is 435 g/mol. The number of hydrogen-bond acceptors (Lipinski definition) is 8. The fourth-order valence-electron chi connectivity index (χ4n) is 3.89. The topological polar surface area (TPSA) is 89.9 Å². The minimum atomic E-state index is -0.220. The molecule has 9 nitrogen and oxygen atoms in total. The number of fused-ring (bicyclic) bond motifs is 1. The van der Waals surface area contributed by atoms with Crippen LogP contribution in [-0.2, 0) is 14.3 Å². The maximum absolute atomic E-state index is 11.6. The van der Waals surface area contributed by atoms with Gasteiger partial charge in [0.15, 0.2) is 5.52 Å². The van der Waals surface area contributed by atoms with Gasteiger partial charge in [0, 0.05) is 50.3 Å². The Morgan fingerprint density at radius 3 is 2.69 bits per heavy atom. The van der Waals surface area contributed by atoms with Crippen LogP contribution in [0.4, 0.5) is 5.69 Å². The van der Waals surface area contributed by atoms with Gasteiger partial charge < -0.3 is 24.0 Å². The third-order valence-electron chi connectivity index (χ3n) is 5.72. The second-order valence-electron chi connectivity index (χ2n) is 7.90. The molecule has 32 heavy (non-hydrogen) atoms. The Kier molecular flexibility index (Phi) is 5.83. The molecule has 9 heteroatoms. The predicted molar refractivity (Wildman–Crippen MR) is 119 cm³/mol. The highest BCUT2D eigenvalue weighted by molar-refractivity contribution is 5.83. The van der Waals surface area contributed by atoms with Crippen molar-refractivity contribution in [3.05, 3.63) is 42.7 Å². The molecule has 2 saturated heterocycles. The van der Waals surface area contributed by atoms with Crippen molar-refractivity contribution < 1.29 is 19.0 Å². The van der Waals surface area contributed by atoms with Crippen LogP contribution >= 0.6 is 0 Å². The van der Waals surface area contributed by atoms with Gasteiger partial charge in [0.25, 0.3) is 0 Å². The first-order chi connectivity index (χ1) is 15.7. The Balaban J connectivity index is 1.38. The molecular formula is C23H25N5O4. The predicted octanol–water partition coefficient (Wildman–Crippen LogP) is 1.76. The summed E-state index contributed by atoms with van der Waals surface area (Å²) in [6, 6.07) is 10.2. The van der Waals surface area contributed by atoms with Crippen LogP contribution < -0.4 is 9.64 Å². The molecule has 1 unspecified atom stereocenters. The summed E-state index contributed by atoms with van der Waals surface area (Å²) in [6.07, 6.45) is 3.06. The average Bonchev–Trinajstić information content (AvgIpc) is 2.85. The third-order valence-corrected chi connectivity index (χ3v) is 5.72. The monoisotopic (exact) mass is 435 g/mol. The van der Waals surface area contributed by atoms with Gasteiger partial charge in [0.05, 0.1) is 24.4 Å². The van der Waals surface area contributed by atoms with Crippen molar-refractivity contribution in [2.24, 2.45) is 0 Å². The van der Waals surface area contributed by atoms with E-state index in [0.717, 1.165) is 37.6 Å². The van der Waals surface area contributed by atoms with Gasteiger partial charge in [-0.3, -0.25) is 9.78 Å². The summed E-state index contributed by atoms with van der Waals surface area (Å²) in [5.41, 5.74) is 4.21.